The second-order valence-corrected chi connectivity index (χ2v) is 10.7. The van der Waals surface area contributed by atoms with Crippen LogP contribution in [0.4, 0.5) is 19.0 Å². The zero-order valence-electron chi connectivity index (χ0n) is 20.7. The summed E-state index contributed by atoms with van der Waals surface area (Å²) in [7, 11) is 0. The third-order valence-corrected chi connectivity index (χ3v) is 8.02. The van der Waals surface area contributed by atoms with Crippen LogP contribution in [0.1, 0.15) is 34.5 Å². The van der Waals surface area contributed by atoms with Crippen molar-refractivity contribution < 1.29 is 18.0 Å². The van der Waals surface area contributed by atoms with Gasteiger partial charge in [0.2, 0.25) is 5.91 Å². The summed E-state index contributed by atoms with van der Waals surface area (Å²) < 4.78 is 40.2. The highest BCUT2D eigenvalue weighted by molar-refractivity contribution is 7.18. The van der Waals surface area contributed by atoms with Crippen molar-refractivity contribution in [1.29, 1.82) is 5.26 Å². The van der Waals surface area contributed by atoms with Crippen LogP contribution in [0.25, 0.3) is 21.1 Å². The van der Waals surface area contributed by atoms with Gasteiger partial charge in [0.15, 0.2) is 0 Å². The van der Waals surface area contributed by atoms with Crippen molar-refractivity contribution in [2.45, 2.75) is 51.5 Å². The first-order chi connectivity index (χ1) is 18.1. The van der Waals surface area contributed by atoms with E-state index in [1.54, 1.807) is 10.6 Å². The number of amides is 1. The van der Waals surface area contributed by atoms with Crippen LogP contribution < -0.4 is 11.1 Å². The number of fused-ring (bicyclic) bond motifs is 2. The number of nitrogens with two attached hydrogens (primary N) is 1. The summed E-state index contributed by atoms with van der Waals surface area (Å²) in [6, 6.07) is 9.61. The van der Waals surface area contributed by atoms with Gasteiger partial charge in [0.25, 0.3) is 0 Å². The van der Waals surface area contributed by atoms with Crippen LogP contribution in [0.15, 0.2) is 30.6 Å². The Kier molecular flexibility index (Phi) is 6.98. The number of nitrogens with zero attached hydrogens (tertiary/aromatic N) is 5. The highest BCUT2D eigenvalue weighted by Crippen LogP contribution is 2.33. The average molecular weight is 542 g/mol. The molecule has 12 heteroatoms. The summed E-state index contributed by atoms with van der Waals surface area (Å²) in [5.74, 6) is 0.0776. The molecule has 5 rings (SSSR count). The van der Waals surface area contributed by atoms with Crippen LogP contribution in [0.3, 0.4) is 0 Å². The predicted molar refractivity (Wildman–Crippen MR) is 140 cm³/mol. The van der Waals surface area contributed by atoms with Crippen molar-refractivity contribution in [1.82, 2.24) is 19.4 Å². The molecule has 1 aromatic carbocycles. The number of piperidine rings is 1. The number of primary amides is 1. The number of hydrogen-bond donors (Lipinski definition) is 2. The van der Waals surface area contributed by atoms with E-state index in [2.05, 4.69) is 26.3 Å². The quantitative estimate of drug-likeness (QED) is 0.357. The Bertz CT molecular complexity index is 1540. The van der Waals surface area contributed by atoms with E-state index in [-0.39, 0.29) is 17.5 Å². The number of carbonyl (C=O) groups is 1. The van der Waals surface area contributed by atoms with E-state index in [9.17, 15) is 23.2 Å². The van der Waals surface area contributed by atoms with Gasteiger partial charge in [0.05, 0.1) is 11.8 Å². The molecule has 0 spiro atoms. The van der Waals surface area contributed by atoms with Crippen molar-refractivity contribution in [2.75, 3.05) is 18.4 Å². The topological polar surface area (TPSA) is 113 Å². The lowest BCUT2D eigenvalue weighted by atomic mass is 10.0. The molecule has 0 bridgehead atoms. The fourth-order valence-electron chi connectivity index (χ4n) is 5.09. The molecule has 1 aliphatic heterocycles. The highest BCUT2D eigenvalue weighted by atomic mass is 32.1. The zero-order valence-corrected chi connectivity index (χ0v) is 21.5. The van der Waals surface area contributed by atoms with Gasteiger partial charge in [-0.2, -0.15) is 18.4 Å². The van der Waals surface area contributed by atoms with Gasteiger partial charge in [0, 0.05) is 41.5 Å². The number of carbonyl (C=O) groups excluding carboxylic acids is 1. The number of benzene rings is 1. The van der Waals surface area contributed by atoms with Gasteiger partial charge in [0.1, 0.15) is 35.3 Å². The molecule has 0 atom stereocenters. The summed E-state index contributed by atoms with van der Waals surface area (Å²) in [5, 5.41) is 14.5. The molecule has 4 heterocycles. The molecular weight excluding hydrogens is 515 g/mol. The fraction of sp³-hybridized carbons (Fsp3) is 0.385. The van der Waals surface area contributed by atoms with E-state index < -0.39 is 18.5 Å². The van der Waals surface area contributed by atoms with Crippen LogP contribution in [0.5, 0.6) is 0 Å². The minimum atomic E-state index is -4.26. The van der Waals surface area contributed by atoms with Crippen molar-refractivity contribution in [3.8, 4) is 6.07 Å². The van der Waals surface area contributed by atoms with E-state index in [0.717, 1.165) is 65.8 Å². The summed E-state index contributed by atoms with van der Waals surface area (Å²) in [6.07, 6.45) is -2.12. The molecule has 4 aromatic rings. The molecular formula is C26H26F3N7OS. The van der Waals surface area contributed by atoms with Crippen LogP contribution in [0, 0.1) is 18.3 Å². The Morgan fingerprint density at radius 3 is 2.68 bits per heavy atom. The largest absolute Gasteiger partial charge is 0.393 e. The van der Waals surface area contributed by atoms with Crippen LogP contribution in [0.2, 0.25) is 0 Å². The van der Waals surface area contributed by atoms with Crippen LogP contribution in [-0.2, 0) is 24.3 Å². The predicted octanol–water partition coefficient (Wildman–Crippen LogP) is 4.49. The summed E-state index contributed by atoms with van der Waals surface area (Å²) >= 11 is 1.05. The molecule has 0 saturated carbocycles. The van der Waals surface area contributed by atoms with Crippen LogP contribution in [-0.4, -0.2) is 50.6 Å². The molecule has 0 unspecified atom stereocenters. The molecule has 38 heavy (non-hydrogen) atoms. The number of aryl methyl sites for hydroxylation is 1. The lowest BCUT2D eigenvalue weighted by Gasteiger charge is -2.33. The van der Waals surface area contributed by atoms with Gasteiger partial charge in [-0.3, -0.25) is 9.69 Å². The summed E-state index contributed by atoms with van der Waals surface area (Å²) in [5.41, 5.74) is 8.81. The van der Waals surface area contributed by atoms with Gasteiger partial charge in [-0.25, -0.2) is 9.97 Å². The first-order valence-corrected chi connectivity index (χ1v) is 13.0. The number of hydrogen-bond acceptors (Lipinski definition) is 7. The molecule has 3 aromatic heterocycles. The van der Waals surface area contributed by atoms with Gasteiger partial charge in [-0.1, -0.05) is 6.07 Å². The Morgan fingerprint density at radius 2 is 2.00 bits per heavy atom. The number of anilines is 1. The van der Waals surface area contributed by atoms with Crippen LogP contribution >= 0.6 is 11.3 Å². The van der Waals surface area contributed by atoms with Gasteiger partial charge < -0.3 is 15.6 Å². The lowest BCUT2D eigenvalue weighted by Crippen LogP contribution is -2.39. The van der Waals surface area contributed by atoms with E-state index >= 15 is 0 Å². The molecule has 1 saturated heterocycles. The van der Waals surface area contributed by atoms with Crippen molar-refractivity contribution in [3.05, 3.63) is 52.3 Å². The van der Waals surface area contributed by atoms with E-state index in [1.165, 1.54) is 12.4 Å². The zero-order chi connectivity index (χ0) is 27.0. The van der Waals surface area contributed by atoms with Crippen molar-refractivity contribution >= 4 is 44.2 Å². The number of aromatic nitrogens is 3. The van der Waals surface area contributed by atoms with Crippen molar-refractivity contribution in [2.24, 2.45) is 5.73 Å². The number of alkyl halides is 3. The third kappa shape index (κ3) is 5.44. The van der Waals surface area contributed by atoms with Crippen molar-refractivity contribution in [3.63, 3.8) is 0 Å². The molecule has 0 aliphatic carbocycles. The normalized spacial score (nSPS) is 15.2. The molecule has 198 valence electrons. The standard InChI is InChI=1S/C26H26F3N7OS/c1-15-16(2-3-22-20(15)8-18(11-30)36(22)13-23(31)37)12-35-6-4-17(5-7-35)34-24-21-9-19(10-26(27,28)29)38-25(21)33-14-32-24/h2-3,8-9,14,17H,4-7,10,12-13H2,1H3,(H2,31,37)(H,32,33,34). The summed E-state index contributed by atoms with van der Waals surface area (Å²) in [4.78, 5) is 23.1. The first-order valence-electron chi connectivity index (χ1n) is 12.2. The van der Waals surface area contributed by atoms with E-state index in [1.807, 2.05) is 19.1 Å². The Hall–Kier alpha value is -3.69. The second-order valence-electron chi connectivity index (χ2n) is 9.62. The molecule has 1 amide bonds. The Morgan fingerprint density at radius 1 is 1.24 bits per heavy atom. The minimum Gasteiger partial charge on any atom is -0.368 e. The molecule has 3 N–H and O–H groups in total. The number of nitrogens with one attached hydrogen (secondary N) is 1. The fourth-order valence-corrected chi connectivity index (χ4v) is 6.11. The molecule has 1 fully saturated rings. The number of halogens is 3. The SMILES string of the molecule is Cc1c(CN2CCC(Nc3ncnc4sc(CC(F)(F)F)cc34)CC2)ccc2c1cc(C#N)n2CC(N)=O. The minimum absolute atomic E-state index is 0.0423. The maximum Gasteiger partial charge on any atom is 0.393 e. The number of rotatable bonds is 7. The third-order valence-electron chi connectivity index (χ3n) is 6.97. The van der Waals surface area contributed by atoms with Gasteiger partial charge in [-0.05, 0) is 49.1 Å². The maximum absolute atomic E-state index is 12.8. The Balaban J connectivity index is 1.25. The summed E-state index contributed by atoms with van der Waals surface area (Å²) in [6.45, 7) is 4.42. The average Bonchev–Trinajstić information content (AvgIpc) is 3.42. The number of likely N-dealkylation sites (tertiary alicyclic amines) is 1. The molecule has 8 nitrogen and oxygen atoms in total. The Labute approximate surface area is 220 Å². The van der Waals surface area contributed by atoms with Gasteiger partial charge in [-0.15, -0.1) is 11.3 Å². The smallest absolute Gasteiger partial charge is 0.368 e. The van der Waals surface area contributed by atoms with E-state index in [0.29, 0.717) is 21.7 Å². The number of thiophene rings is 1. The highest BCUT2D eigenvalue weighted by Gasteiger charge is 2.29. The van der Waals surface area contributed by atoms with Gasteiger partial charge >= 0.3 is 6.18 Å². The lowest BCUT2D eigenvalue weighted by molar-refractivity contribution is -0.126. The molecule has 0 radical (unpaired) electrons. The molecule has 1 aliphatic rings. The maximum atomic E-state index is 12.8. The number of nitriles is 1. The monoisotopic (exact) mass is 541 g/mol. The first kappa shape index (κ1) is 25.9. The second kappa shape index (κ2) is 10.2. The van der Waals surface area contributed by atoms with E-state index in [4.69, 9.17) is 5.73 Å².